The average Bonchev–Trinajstić information content (AvgIpc) is 3.03. The lowest BCUT2D eigenvalue weighted by molar-refractivity contribution is -0.145. The summed E-state index contributed by atoms with van der Waals surface area (Å²) in [7, 11) is 1.37. The quantitative estimate of drug-likeness (QED) is 0.841. The van der Waals surface area contributed by atoms with Gasteiger partial charge in [-0.3, -0.25) is 9.59 Å². The van der Waals surface area contributed by atoms with Crippen LogP contribution in [0.25, 0.3) is 0 Å². The Morgan fingerprint density at radius 2 is 2.00 bits per heavy atom. The lowest BCUT2D eigenvalue weighted by Crippen LogP contribution is -2.61. The zero-order valence-corrected chi connectivity index (χ0v) is 14.9. The summed E-state index contributed by atoms with van der Waals surface area (Å²) in [5, 5.41) is 0. The number of rotatable bonds is 4. The molecule has 0 aliphatic carbocycles. The zero-order valence-electron chi connectivity index (χ0n) is 14.9. The van der Waals surface area contributed by atoms with Crippen LogP contribution in [0.2, 0.25) is 0 Å². The van der Waals surface area contributed by atoms with E-state index >= 15 is 0 Å². The summed E-state index contributed by atoms with van der Waals surface area (Å²) in [5.41, 5.74) is -0.832. The second-order valence-electron chi connectivity index (χ2n) is 6.81. The van der Waals surface area contributed by atoms with Crippen molar-refractivity contribution in [3.05, 3.63) is 29.6 Å². The predicted molar refractivity (Wildman–Crippen MR) is 92.1 cm³/mol. The Balaban J connectivity index is 1.93. The van der Waals surface area contributed by atoms with E-state index in [1.165, 1.54) is 19.2 Å². The molecule has 0 bridgehead atoms. The van der Waals surface area contributed by atoms with Crippen LogP contribution in [0.15, 0.2) is 18.2 Å². The Morgan fingerprint density at radius 1 is 1.28 bits per heavy atom. The minimum absolute atomic E-state index is 0.0229. The number of hydrogen-bond donors (Lipinski definition) is 0. The third kappa shape index (κ3) is 2.87. The molecule has 1 unspecified atom stereocenters. The maximum atomic E-state index is 14.6. The number of hydrogen-bond acceptors (Lipinski definition) is 3. The van der Waals surface area contributed by atoms with Crippen LogP contribution >= 0.6 is 0 Å². The summed E-state index contributed by atoms with van der Waals surface area (Å²) in [6.45, 7) is 3.97. The molecule has 2 saturated heterocycles. The van der Waals surface area contributed by atoms with Gasteiger partial charge in [0, 0.05) is 19.6 Å². The van der Waals surface area contributed by atoms with E-state index in [0.717, 1.165) is 25.8 Å². The molecule has 6 heteroatoms. The molecular formula is C19H25FN2O3. The number of carbonyl (C=O) groups is 2. The molecule has 0 aromatic heterocycles. The van der Waals surface area contributed by atoms with Crippen LogP contribution in [0.4, 0.5) is 4.39 Å². The summed E-state index contributed by atoms with van der Waals surface area (Å²) in [4.78, 5) is 29.7. The normalized spacial score (nSPS) is 23.4. The second kappa shape index (κ2) is 7.02. The van der Waals surface area contributed by atoms with E-state index in [1.54, 1.807) is 11.0 Å². The van der Waals surface area contributed by atoms with Crippen LogP contribution in [-0.2, 0) is 4.79 Å². The van der Waals surface area contributed by atoms with Crippen molar-refractivity contribution in [2.24, 2.45) is 0 Å². The van der Waals surface area contributed by atoms with E-state index in [9.17, 15) is 14.0 Å². The van der Waals surface area contributed by atoms with Gasteiger partial charge in [0.15, 0.2) is 11.6 Å². The smallest absolute Gasteiger partial charge is 0.257 e. The fourth-order valence-corrected chi connectivity index (χ4v) is 4.18. The van der Waals surface area contributed by atoms with Crippen LogP contribution in [0, 0.1) is 5.82 Å². The van der Waals surface area contributed by atoms with E-state index < -0.39 is 17.3 Å². The van der Waals surface area contributed by atoms with Crippen LogP contribution in [0.5, 0.6) is 5.75 Å². The molecule has 2 aliphatic rings. The molecule has 0 saturated carbocycles. The van der Waals surface area contributed by atoms with Crippen molar-refractivity contribution in [2.45, 2.75) is 44.6 Å². The third-order valence-electron chi connectivity index (χ3n) is 5.34. The van der Waals surface area contributed by atoms with Crippen molar-refractivity contribution in [3.63, 3.8) is 0 Å². The first-order valence-electron chi connectivity index (χ1n) is 8.99. The molecule has 0 N–H and O–H groups in total. The van der Waals surface area contributed by atoms with Gasteiger partial charge < -0.3 is 14.5 Å². The van der Waals surface area contributed by atoms with Gasteiger partial charge in [0.1, 0.15) is 5.54 Å². The summed E-state index contributed by atoms with van der Waals surface area (Å²) in [6, 6.07) is 4.55. The van der Waals surface area contributed by atoms with Crippen molar-refractivity contribution in [3.8, 4) is 5.75 Å². The Labute approximate surface area is 147 Å². The molecule has 0 radical (unpaired) electrons. The van der Waals surface area contributed by atoms with Crippen molar-refractivity contribution < 1.29 is 18.7 Å². The lowest BCUT2D eigenvalue weighted by atomic mass is 9.85. The summed E-state index contributed by atoms with van der Waals surface area (Å²) in [6.07, 6.45) is 3.84. The van der Waals surface area contributed by atoms with E-state index in [4.69, 9.17) is 4.74 Å². The largest absolute Gasteiger partial charge is 0.494 e. The molecule has 2 aliphatic heterocycles. The Bertz CT molecular complexity index is 677. The van der Waals surface area contributed by atoms with Gasteiger partial charge in [0.2, 0.25) is 5.91 Å². The van der Waals surface area contributed by atoms with Gasteiger partial charge in [-0.1, -0.05) is 13.0 Å². The number of carbonyl (C=O) groups excluding carboxylic acids is 2. The van der Waals surface area contributed by atoms with Crippen molar-refractivity contribution in [1.29, 1.82) is 0 Å². The highest BCUT2D eigenvalue weighted by Crippen LogP contribution is 2.39. The molecular weight excluding hydrogens is 323 g/mol. The molecule has 3 rings (SSSR count). The average molecular weight is 348 g/mol. The summed E-state index contributed by atoms with van der Waals surface area (Å²) in [5.74, 6) is -1.01. The molecule has 2 fully saturated rings. The van der Waals surface area contributed by atoms with Crippen LogP contribution in [0.1, 0.15) is 49.4 Å². The van der Waals surface area contributed by atoms with E-state index in [2.05, 4.69) is 0 Å². The monoisotopic (exact) mass is 348 g/mol. The number of halogens is 1. The maximum absolute atomic E-state index is 14.6. The number of piperidine rings is 1. The first-order valence-corrected chi connectivity index (χ1v) is 8.99. The number of amides is 2. The molecule has 1 spiro atoms. The lowest BCUT2D eigenvalue weighted by Gasteiger charge is -2.44. The number of ether oxygens (including phenoxy) is 1. The first-order chi connectivity index (χ1) is 12.0. The second-order valence-corrected chi connectivity index (χ2v) is 6.81. The van der Waals surface area contributed by atoms with Crippen molar-refractivity contribution in [2.75, 3.05) is 26.7 Å². The van der Waals surface area contributed by atoms with Crippen LogP contribution in [-0.4, -0.2) is 53.9 Å². The highest BCUT2D eigenvalue weighted by Gasteiger charge is 2.52. The van der Waals surface area contributed by atoms with Crippen molar-refractivity contribution in [1.82, 2.24) is 9.80 Å². The molecule has 2 heterocycles. The first kappa shape index (κ1) is 17.7. The highest BCUT2D eigenvalue weighted by atomic mass is 19.1. The van der Waals surface area contributed by atoms with Crippen LogP contribution < -0.4 is 4.74 Å². The summed E-state index contributed by atoms with van der Waals surface area (Å²) < 4.78 is 19.5. The number of likely N-dealkylation sites (tertiary alicyclic amines) is 2. The highest BCUT2D eigenvalue weighted by molar-refractivity contribution is 6.00. The molecule has 136 valence electrons. The van der Waals surface area contributed by atoms with Gasteiger partial charge in [0.25, 0.3) is 5.91 Å². The maximum Gasteiger partial charge on any atom is 0.257 e. The molecule has 25 heavy (non-hydrogen) atoms. The standard InChI is InChI=1S/C19H25FN2O3/c1-3-11-21-12-5-9-19(18(21)24)10-6-13-22(19)17(23)14-7-4-8-15(25-2)16(14)20/h4,7-8H,3,5-6,9-13H2,1-2H3. The Morgan fingerprint density at radius 3 is 2.68 bits per heavy atom. The van der Waals surface area contributed by atoms with E-state index in [0.29, 0.717) is 25.9 Å². The van der Waals surface area contributed by atoms with Gasteiger partial charge in [-0.25, -0.2) is 4.39 Å². The predicted octanol–water partition coefficient (Wildman–Crippen LogP) is 2.84. The number of benzene rings is 1. The van der Waals surface area contributed by atoms with Gasteiger partial charge in [-0.2, -0.15) is 0 Å². The zero-order chi connectivity index (χ0) is 18.0. The third-order valence-corrected chi connectivity index (χ3v) is 5.34. The number of methoxy groups -OCH3 is 1. The minimum atomic E-state index is -0.806. The molecule has 1 aromatic carbocycles. The van der Waals surface area contributed by atoms with Gasteiger partial charge in [-0.15, -0.1) is 0 Å². The Hall–Kier alpha value is -2.11. The van der Waals surface area contributed by atoms with E-state index in [-0.39, 0.29) is 17.2 Å². The molecule has 1 atom stereocenters. The fourth-order valence-electron chi connectivity index (χ4n) is 4.18. The topological polar surface area (TPSA) is 49.9 Å². The minimum Gasteiger partial charge on any atom is -0.494 e. The van der Waals surface area contributed by atoms with Gasteiger partial charge in [-0.05, 0) is 44.2 Å². The van der Waals surface area contributed by atoms with Gasteiger partial charge >= 0.3 is 0 Å². The van der Waals surface area contributed by atoms with E-state index in [1.807, 2.05) is 11.8 Å². The summed E-state index contributed by atoms with van der Waals surface area (Å²) >= 11 is 0. The van der Waals surface area contributed by atoms with Gasteiger partial charge in [0.05, 0.1) is 12.7 Å². The fraction of sp³-hybridized carbons (Fsp3) is 0.579. The van der Waals surface area contributed by atoms with Crippen LogP contribution in [0.3, 0.4) is 0 Å². The number of nitrogens with zero attached hydrogens (tertiary/aromatic N) is 2. The SMILES string of the molecule is CCCN1CCCC2(CCCN2C(=O)c2cccc(OC)c2F)C1=O. The molecule has 2 amide bonds. The van der Waals surface area contributed by atoms with Crippen molar-refractivity contribution >= 4 is 11.8 Å². The molecule has 1 aromatic rings. The Kier molecular flexibility index (Phi) is 4.97. The molecule has 5 nitrogen and oxygen atoms in total.